The first-order valence-electron chi connectivity index (χ1n) is 6.70. The van der Waals surface area contributed by atoms with Gasteiger partial charge in [0.15, 0.2) is 0 Å². The van der Waals surface area contributed by atoms with Crippen LogP contribution in [0.2, 0.25) is 10.0 Å². The van der Waals surface area contributed by atoms with Crippen molar-refractivity contribution in [1.82, 2.24) is 5.32 Å². The molecule has 1 amide bonds. The molecule has 5 nitrogen and oxygen atoms in total. The Bertz CT molecular complexity index is 555. The number of ether oxygens (including phenoxy) is 1. The van der Waals surface area contributed by atoms with E-state index in [9.17, 15) is 14.7 Å². The molecule has 1 aromatic carbocycles. The van der Waals surface area contributed by atoms with Gasteiger partial charge in [0.1, 0.15) is 5.60 Å². The summed E-state index contributed by atoms with van der Waals surface area (Å²) in [6, 6.07) is 4.19. The van der Waals surface area contributed by atoms with Crippen LogP contribution in [0.15, 0.2) is 18.2 Å². The topological polar surface area (TPSA) is 78.5 Å². The monoisotopic (exact) mass is 346 g/mol. The molecule has 0 aliphatic rings. The lowest BCUT2D eigenvalue weighted by Gasteiger charge is -2.24. The fraction of sp³-hybridized carbons (Fsp3) is 0.467. The summed E-state index contributed by atoms with van der Waals surface area (Å²) in [6.07, 6.45) is -0.814. The fourth-order valence-electron chi connectivity index (χ4n) is 1.80. The van der Waals surface area contributed by atoms with E-state index in [-0.39, 0.29) is 12.8 Å². The highest BCUT2D eigenvalue weighted by atomic mass is 35.5. The summed E-state index contributed by atoms with van der Waals surface area (Å²) in [5.41, 5.74) is 0.00183. The Labute approximate surface area is 139 Å². The summed E-state index contributed by atoms with van der Waals surface area (Å²) in [6.45, 7) is 5.16. The van der Waals surface area contributed by atoms with E-state index in [1.807, 2.05) is 0 Å². The van der Waals surface area contributed by atoms with Crippen molar-refractivity contribution in [3.8, 4) is 0 Å². The van der Waals surface area contributed by atoms with Gasteiger partial charge in [-0.05, 0) is 44.9 Å². The Kier molecular flexibility index (Phi) is 6.50. The van der Waals surface area contributed by atoms with E-state index < -0.39 is 23.7 Å². The molecule has 0 aromatic heterocycles. The second-order valence-electron chi connectivity index (χ2n) is 5.86. The molecule has 0 spiro atoms. The molecular formula is C15H18Cl2NO4-. The van der Waals surface area contributed by atoms with Crippen LogP contribution in [-0.2, 0) is 16.0 Å². The number of carboxylic acid groups (broad SMARTS) is 1. The molecule has 0 radical (unpaired) electrons. The summed E-state index contributed by atoms with van der Waals surface area (Å²) in [5, 5.41) is 14.3. The minimum Gasteiger partial charge on any atom is -0.550 e. The van der Waals surface area contributed by atoms with Crippen LogP contribution in [0.25, 0.3) is 0 Å². The number of hydrogen-bond acceptors (Lipinski definition) is 4. The predicted molar refractivity (Wildman–Crippen MR) is 82.9 cm³/mol. The number of benzene rings is 1. The lowest BCUT2D eigenvalue weighted by atomic mass is 10.0. The average molecular weight is 347 g/mol. The Balaban J connectivity index is 2.80. The summed E-state index contributed by atoms with van der Waals surface area (Å²) in [5.74, 6) is -1.27. The number of carboxylic acids is 1. The molecule has 0 saturated carbocycles. The van der Waals surface area contributed by atoms with E-state index >= 15 is 0 Å². The van der Waals surface area contributed by atoms with Gasteiger partial charge in [-0.2, -0.15) is 0 Å². The van der Waals surface area contributed by atoms with Crippen LogP contribution >= 0.6 is 23.2 Å². The zero-order chi connectivity index (χ0) is 16.9. The van der Waals surface area contributed by atoms with Gasteiger partial charge in [-0.15, -0.1) is 0 Å². The summed E-state index contributed by atoms with van der Waals surface area (Å²) < 4.78 is 5.12. The van der Waals surface area contributed by atoms with E-state index in [4.69, 9.17) is 27.9 Å². The quantitative estimate of drug-likeness (QED) is 0.888. The van der Waals surface area contributed by atoms with Crippen LogP contribution in [0.5, 0.6) is 0 Å². The molecule has 0 saturated heterocycles. The van der Waals surface area contributed by atoms with E-state index in [0.29, 0.717) is 15.6 Å². The van der Waals surface area contributed by atoms with Crippen molar-refractivity contribution in [1.29, 1.82) is 0 Å². The Hall–Kier alpha value is -1.46. The van der Waals surface area contributed by atoms with Gasteiger partial charge in [0.2, 0.25) is 0 Å². The van der Waals surface area contributed by atoms with E-state index in [0.717, 1.165) is 0 Å². The number of nitrogens with one attached hydrogen (secondary N) is 1. The van der Waals surface area contributed by atoms with Gasteiger partial charge in [0.05, 0.1) is 0 Å². The number of alkyl carbamates (subject to hydrolysis) is 1. The average Bonchev–Trinajstić information content (AvgIpc) is 2.29. The van der Waals surface area contributed by atoms with Crippen LogP contribution < -0.4 is 10.4 Å². The first-order chi connectivity index (χ1) is 10.1. The normalized spacial score (nSPS) is 12.6. The van der Waals surface area contributed by atoms with E-state index in [1.54, 1.807) is 39.0 Å². The second kappa shape index (κ2) is 7.70. The largest absolute Gasteiger partial charge is 0.550 e. The summed E-state index contributed by atoms with van der Waals surface area (Å²) in [4.78, 5) is 22.6. The molecule has 1 rings (SSSR count). The molecule has 7 heteroatoms. The van der Waals surface area contributed by atoms with Crippen molar-refractivity contribution in [3.63, 3.8) is 0 Å². The van der Waals surface area contributed by atoms with Gasteiger partial charge < -0.3 is 20.0 Å². The number of aliphatic carboxylic acids is 1. The van der Waals surface area contributed by atoms with Crippen molar-refractivity contribution in [3.05, 3.63) is 33.8 Å². The highest BCUT2D eigenvalue weighted by molar-refractivity contribution is 6.35. The molecule has 22 heavy (non-hydrogen) atoms. The Morgan fingerprint density at radius 3 is 2.45 bits per heavy atom. The number of rotatable bonds is 5. The molecule has 0 unspecified atom stereocenters. The van der Waals surface area contributed by atoms with Crippen molar-refractivity contribution in [2.45, 2.75) is 45.3 Å². The maximum absolute atomic E-state index is 11.8. The molecule has 0 aliphatic heterocycles. The number of carbonyl (C=O) groups is 2. The second-order valence-corrected chi connectivity index (χ2v) is 6.70. The van der Waals surface area contributed by atoms with Crippen LogP contribution in [-0.4, -0.2) is 23.7 Å². The maximum Gasteiger partial charge on any atom is 0.407 e. The predicted octanol–water partition coefficient (Wildman–Crippen LogP) is 2.57. The van der Waals surface area contributed by atoms with Crippen molar-refractivity contribution >= 4 is 35.3 Å². The third-order valence-electron chi connectivity index (χ3n) is 2.62. The van der Waals surface area contributed by atoms with Crippen molar-refractivity contribution < 1.29 is 19.4 Å². The Morgan fingerprint density at radius 1 is 1.32 bits per heavy atom. The van der Waals surface area contributed by atoms with Gasteiger partial charge >= 0.3 is 6.09 Å². The first kappa shape index (κ1) is 18.6. The maximum atomic E-state index is 11.8. The summed E-state index contributed by atoms with van der Waals surface area (Å²) in [7, 11) is 0. The first-order valence-corrected chi connectivity index (χ1v) is 7.45. The third-order valence-corrected chi connectivity index (χ3v) is 3.20. The fourth-order valence-corrected chi connectivity index (χ4v) is 2.29. The molecule has 1 aromatic rings. The molecule has 122 valence electrons. The van der Waals surface area contributed by atoms with Gasteiger partial charge in [-0.25, -0.2) is 4.79 Å². The highest BCUT2D eigenvalue weighted by Gasteiger charge is 2.20. The zero-order valence-corrected chi connectivity index (χ0v) is 14.1. The molecular weight excluding hydrogens is 329 g/mol. The van der Waals surface area contributed by atoms with Crippen molar-refractivity contribution in [2.24, 2.45) is 0 Å². The third kappa shape index (κ3) is 7.00. The van der Waals surface area contributed by atoms with Crippen LogP contribution in [0.4, 0.5) is 4.79 Å². The molecule has 0 aliphatic carbocycles. The van der Waals surface area contributed by atoms with Crippen molar-refractivity contribution in [2.75, 3.05) is 0 Å². The Morgan fingerprint density at radius 2 is 1.95 bits per heavy atom. The van der Waals surface area contributed by atoms with Gasteiger partial charge in [-0.3, -0.25) is 0 Å². The highest BCUT2D eigenvalue weighted by Crippen LogP contribution is 2.22. The SMILES string of the molecule is CC(C)(C)OC(=O)N[C@@H](CC(=O)[O-])Cc1ccc(Cl)cc1Cl. The van der Waals surface area contributed by atoms with Gasteiger partial charge in [-0.1, -0.05) is 29.3 Å². The number of amides is 1. The zero-order valence-electron chi connectivity index (χ0n) is 12.6. The number of carbonyl (C=O) groups excluding carboxylic acids is 2. The number of halogens is 2. The van der Waals surface area contributed by atoms with Gasteiger partial charge in [0, 0.05) is 28.5 Å². The molecule has 0 bridgehead atoms. The summed E-state index contributed by atoms with van der Waals surface area (Å²) >= 11 is 11.9. The van der Waals surface area contributed by atoms with Crippen LogP contribution in [0, 0.1) is 0 Å². The minimum absolute atomic E-state index is 0.225. The minimum atomic E-state index is -1.27. The molecule has 1 atom stereocenters. The van der Waals surface area contributed by atoms with Gasteiger partial charge in [0.25, 0.3) is 0 Å². The van der Waals surface area contributed by atoms with Crippen LogP contribution in [0.3, 0.4) is 0 Å². The lowest BCUT2D eigenvalue weighted by molar-refractivity contribution is -0.306. The standard InChI is InChI=1S/C15H19Cl2NO4/c1-15(2,3)22-14(21)18-11(8-13(19)20)6-9-4-5-10(16)7-12(9)17/h4-5,7,11H,6,8H2,1-3H3,(H,18,21)(H,19,20)/p-1/t11-/m1/s1. The van der Waals surface area contributed by atoms with E-state index in [1.165, 1.54) is 0 Å². The molecule has 0 fully saturated rings. The number of hydrogen-bond donors (Lipinski definition) is 1. The van der Waals surface area contributed by atoms with Crippen LogP contribution in [0.1, 0.15) is 32.8 Å². The van der Waals surface area contributed by atoms with E-state index in [2.05, 4.69) is 5.32 Å². The molecule has 0 heterocycles. The lowest BCUT2D eigenvalue weighted by Crippen LogP contribution is -2.43. The smallest absolute Gasteiger partial charge is 0.407 e. The molecule has 1 N–H and O–H groups in total.